The molecule has 0 spiro atoms. The number of nitrogens with one attached hydrogen (secondary N) is 1. The Balaban J connectivity index is 2.07. The average molecular weight is 348 g/mol. The zero-order chi connectivity index (χ0) is 18.4. The van der Waals surface area contributed by atoms with Crippen molar-refractivity contribution in [2.75, 3.05) is 19.5 Å². The summed E-state index contributed by atoms with van der Waals surface area (Å²) in [4.78, 5) is 24.5. The molecule has 1 unspecified atom stereocenters. The molecule has 134 valence electrons. The molecule has 0 aliphatic carbocycles. The molecular weight excluding hydrogens is 328 g/mol. The molecule has 0 aliphatic heterocycles. The van der Waals surface area contributed by atoms with E-state index in [0.717, 1.165) is 0 Å². The van der Waals surface area contributed by atoms with E-state index in [1.54, 1.807) is 26.0 Å². The van der Waals surface area contributed by atoms with E-state index in [0.29, 0.717) is 23.7 Å². The van der Waals surface area contributed by atoms with E-state index < -0.39 is 18.0 Å². The molecule has 0 saturated carbocycles. The Bertz CT molecular complexity index is 755. The summed E-state index contributed by atoms with van der Waals surface area (Å²) < 4.78 is 20.5. The summed E-state index contributed by atoms with van der Waals surface area (Å²) in [6.45, 7) is 3.44. The zero-order valence-corrected chi connectivity index (χ0v) is 14.5. The number of esters is 1. The third-order valence-corrected chi connectivity index (χ3v) is 3.41. The highest BCUT2D eigenvalue weighted by Gasteiger charge is 2.23. The number of anilines is 1. The van der Waals surface area contributed by atoms with Crippen molar-refractivity contribution < 1.29 is 28.3 Å². The number of carbonyl (C=O) groups excluding carboxylic acids is 2. The van der Waals surface area contributed by atoms with Gasteiger partial charge in [-0.2, -0.15) is 0 Å². The molecule has 2 aromatic rings. The summed E-state index contributed by atoms with van der Waals surface area (Å²) >= 11 is 0. The minimum atomic E-state index is -0.961. The number of aryl methyl sites for hydroxylation is 1. The maximum absolute atomic E-state index is 12.3. The van der Waals surface area contributed by atoms with Gasteiger partial charge < -0.3 is 24.1 Å². The van der Waals surface area contributed by atoms with E-state index in [1.807, 2.05) is 0 Å². The first-order chi connectivity index (χ1) is 12.0. The van der Waals surface area contributed by atoms with Crippen molar-refractivity contribution in [1.29, 1.82) is 0 Å². The summed E-state index contributed by atoms with van der Waals surface area (Å²) in [6.07, 6.45) is -0.653. The van der Waals surface area contributed by atoms with Crippen LogP contribution in [0, 0.1) is 6.92 Å². The monoisotopic (exact) mass is 348 g/mol. The van der Waals surface area contributed by atoms with Crippen LogP contribution in [0.3, 0.4) is 0 Å². The fourth-order valence-electron chi connectivity index (χ4n) is 2.11. The second-order valence-electron chi connectivity index (χ2n) is 5.18. The molecule has 1 heterocycles. The van der Waals surface area contributed by atoms with Crippen molar-refractivity contribution in [2.45, 2.75) is 26.4 Å². The lowest BCUT2D eigenvalue weighted by atomic mass is 10.2. The topological polar surface area (TPSA) is 99.9 Å². The van der Waals surface area contributed by atoms with Gasteiger partial charge in [0.05, 0.1) is 19.8 Å². The van der Waals surface area contributed by atoms with Crippen LogP contribution in [-0.2, 0) is 9.53 Å². The smallest absolute Gasteiger partial charge is 0.339 e. The van der Waals surface area contributed by atoms with Crippen molar-refractivity contribution in [1.82, 2.24) is 5.16 Å². The quantitative estimate of drug-likeness (QED) is 0.768. The number of amides is 1. The van der Waals surface area contributed by atoms with Gasteiger partial charge in [0, 0.05) is 6.07 Å². The maximum Gasteiger partial charge on any atom is 0.339 e. The van der Waals surface area contributed by atoms with Crippen molar-refractivity contribution in [2.24, 2.45) is 0 Å². The summed E-state index contributed by atoms with van der Waals surface area (Å²) in [5, 5.41) is 6.22. The maximum atomic E-state index is 12.3. The molecule has 1 aromatic carbocycles. The fourth-order valence-corrected chi connectivity index (χ4v) is 2.11. The lowest BCUT2D eigenvalue weighted by Gasteiger charge is -2.15. The normalized spacial score (nSPS) is 11.5. The van der Waals surface area contributed by atoms with E-state index in [1.165, 1.54) is 26.4 Å². The van der Waals surface area contributed by atoms with Crippen LogP contribution >= 0.6 is 0 Å². The molecule has 0 bridgehead atoms. The van der Waals surface area contributed by atoms with Crippen molar-refractivity contribution in [3.63, 3.8) is 0 Å². The fraction of sp³-hybridized carbons (Fsp3) is 0.353. The van der Waals surface area contributed by atoms with E-state index in [4.69, 9.17) is 18.7 Å². The molecule has 25 heavy (non-hydrogen) atoms. The van der Waals surface area contributed by atoms with Gasteiger partial charge in [-0.1, -0.05) is 12.1 Å². The molecule has 0 radical (unpaired) electrons. The molecule has 1 atom stereocenters. The third-order valence-electron chi connectivity index (χ3n) is 3.41. The number of nitrogens with zero attached hydrogens (tertiary/aromatic N) is 1. The summed E-state index contributed by atoms with van der Waals surface area (Å²) in [7, 11) is 2.97. The van der Waals surface area contributed by atoms with E-state index >= 15 is 0 Å². The van der Waals surface area contributed by atoms with Crippen LogP contribution in [0.25, 0.3) is 0 Å². The second-order valence-corrected chi connectivity index (χ2v) is 5.18. The highest BCUT2D eigenvalue weighted by molar-refractivity contribution is 5.97. The Kier molecular flexibility index (Phi) is 5.99. The first-order valence-corrected chi connectivity index (χ1v) is 7.65. The van der Waals surface area contributed by atoms with E-state index in [9.17, 15) is 9.59 Å². The second kappa shape index (κ2) is 8.18. The number of hydrogen-bond acceptors (Lipinski definition) is 7. The molecule has 2 rings (SSSR count). The highest BCUT2D eigenvalue weighted by Crippen LogP contribution is 2.28. The Morgan fingerprint density at radius 2 is 1.92 bits per heavy atom. The van der Waals surface area contributed by atoms with Gasteiger partial charge in [0.25, 0.3) is 5.91 Å². The van der Waals surface area contributed by atoms with Crippen molar-refractivity contribution in [3.05, 3.63) is 35.6 Å². The van der Waals surface area contributed by atoms with Crippen LogP contribution in [0.1, 0.15) is 29.5 Å². The third kappa shape index (κ3) is 4.50. The van der Waals surface area contributed by atoms with Crippen LogP contribution in [0.2, 0.25) is 0 Å². The Morgan fingerprint density at radius 1 is 1.20 bits per heavy atom. The minimum absolute atomic E-state index is 0.251. The first kappa shape index (κ1) is 18.3. The number of ether oxygens (including phenoxy) is 3. The predicted octanol–water partition coefficient (Wildman–Crippen LogP) is 2.57. The van der Waals surface area contributed by atoms with Crippen molar-refractivity contribution >= 4 is 17.7 Å². The molecule has 0 saturated heterocycles. The van der Waals surface area contributed by atoms with Crippen LogP contribution in [-0.4, -0.2) is 37.4 Å². The first-order valence-electron chi connectivity index (χ1n) is 7.65. The summed E-state index contributed by atoms with van der Waals surface area (Å²) in [5.41, 5.74) is 0.251. The Hall–Kier alpha value is -3.03. The number of methoxy groups -OCH3 is 2. The van der Waals surface area contributed by atoms with Crippen molar-refractivity contribution in [3.8, 4) is 11.5 Å². The number of carbonyl (C=O) groups is 2. The van der Waals surface area contributed by atoms with Crippen LogP contribution in [0.4, 0.5) is 5.82 Å². The molecule has 1 N–H and O–H groups in total. The van der Waals surface area contributed by atoms with E-state index in [2.05, 4.69) is 10.5 Å². The number of hydrogen-bond donors (Lipinski definition) is 1. The number of aromatic nitrogens is 1. The van der Waals surface area contributed by atoms with Gasteiger partial charge in [-0.15, -0.1) is 0 Å². The van der Waals surface area contributed by atoms with Crippen LogP contribution in [0.15, 0.2) is 28.8 Å². The van der Waals surface area contributed by atoms with Gasteiger partial charge in [-0.3, -0.25) is 4.79 Å². The summed E-state index contributed by atoms with van der Waals surface area (Å²) in [5.74, 6) is 0.593. The SMILES string of the molecule is CCC(OC(=O)c1ccc(OC)c(OC)c1)C(=O)Nc1cc(C)on1. The number of benzene rings is 1. The predicted molar refractivity (Wildman–Crippen MR) is 88.9 cm³/mol. The number of rotatable bonds is 7. The Labute approximate surface area is 145 Å². The average Bonchev–Trinajstić information content (AvgIpc) is 3.03. The molecular formula is C17H20N2O6. The summed E-state index contributed by atoms with van der Waals surface area (Å²) in [6, 6.07) is 6.19. The van der Waals surface area contributed by atoms with Gasteiger partial charge in [-0.05, 0) is 31.5 Å². The van der Waals surface area contributed by atoms with Gasteiger partial charge in [-0.25, -0.2) is 4.79 Å². The van der Waals surface area contributed by atoms with Gasteiger partial charge >= 0.3 is 5.97 Å². The van der Waals surface area contributed by atoms with Gasteiger partial charge in [0.1, 0.15) is 5.76 Å². The van der Waals surface area contributed by atoms with Crippen LogP contribution < -0.4 is 14.8 Å². The largest absolute Gasteiger partial charge is 0.493 e. The Morgan fingerprint density at radius 3 is 2.48 bits per heavy atom. The van der Waals surface area contributed by atoms with E-state index in [-0.39, 0.29) is 11.4 Å². The van der Waals surface area contributed by atoms with Gasteiger partial charge in [0.15, 0.2) is 23.4 Å². The minimum Gasteiger partial charge on any atom is -0.493 e. The highest BCUT2D eigenvalue weighted by atomic mass is 16.5. The molecule has 1 aromatic heterocycles. The molecule has 8 nitrogen and oxygen atoms in total. The molecule has 1 amide bonds. The standard InChI is InChI=1S/C17H20N2O6/c1-5-12(16(20)18-15-8-10(2)25-19-15)24-17(21)11-6-7-13(22-3)14(9-11)23-4/h6-9,12H,5H2,1-4H3,(H,18,19,20). The van der Waals surface area contributed by atoms with Gasteiger partial charge in [0.2, 0.25) is 0 Å². The zero-order valence-electron chi connectivity index (χ0n) is 14.5. The lowest BCUT2D eigenvalue weighted by molar-refractivity contribution is -0.124. The van der Waals surface area contributed by atoms with Crippen LogP contribution in [0.5, 0.6) is 11.5 Å². The molecule has 0 aliphatic rings. The molecule has 0 fully saturated rings. The molecule has 8 heteroatoms. The lowest BCUT2D eigenvalue weighted by Crippen LogP contribution is -2.32.